The van der Waals surface area contributed by atoms with Crippen molar-refractivity contribution < 1.29 is 4.79 Å². The van der Waals surface area contributed by atoms with Gasteiger partial charge in [-0.1, -0.05) is 48.3 Å². The molecule has 27 heavy (non-hydrogen) atoms. The molecule has 0 fully saturated rings. The van der Waals surface area contributed by atoms with Crippen LogP contribution in [0, 0.1) is 0 Å². The first-order chi connectivity index (χ1) is 13.0. The molecule has 0 atom stereocenters. The summed E-state index contributed by atoms with van der Waals surface area (Å²) in [6.45, 7) is 3.76. The minimum atomic E-state index is -0.0569. The Balaban J connectivity index is 1.91. The second-order valence-electron chi connectivity index (χ2n) is 5.97. The summed E-state index contributed by atoms with van der Waals surface area (Å²) >= 11 is 12.1. The standard InChI is InChI=1S/C20H24Cl2N4O/c1-3-9-24-19(27)15-6-4-5-14(10-15)12-25-20(23-2)26-13-16-7-8-17(21)11-18(16)22/h4-8,10-11H,3,9,12-13H2,1-2H3,(H,24,27)(H2,23,25,26). The smallest absolute Gasteiger partial charge is 0.251 e. The van der Waals surface area contributed by atoms with E-state index in [2.05, 4.69) is 20.9 Å². The number of benzene rings is 2. The molecule has 0 aliphatic rings. The van der Waals surface area contributed by atoms with Gasteiger partial charge in [0.25, 0.3) is 5.91 Å². The van der Waals surface area contributed by atoms with Gasteiger partial charge in [0.2, 0.25) is 0 Å². The summed E-state index contributed by atoms with van der Waals surface area (Å²) < 4.78 is 0. The third-order valence-electron chi connectivity index (χ3n) is 3.87. The third kappa shape index (κ3) is 6.77. The number of nitrogens with one attached hydrogen (secondary N) is 3. The zero-order chi connectivity index (χ0) is 19.6. The molecular weight excluding hydrogens is 383 g/mol. The molecular formula is C20H24Cl2N4O. The predicted molar refractivity (Wildman–Crippen MR) is 113 cm³/mol. The van der Waals surface area contributed by atoms with E-state index in [1.54, 1.807) is 19.2 Å². The van der Waals surface area contributed by atoms with Gasteiger partial charge in [-0.15, -0.1) is 0 Å². The van der Waals surface area contributed by atoms with Crippen LogP contribution >= 0.6 is 23.2 Å². The number of hydrogen-bond acceptors (Lipinski definition) is 2. The van der Waals surface area contributed by atoms with Gasteiger partial charge in [-0.3, -0.25) is 9.79 Å². The van der Waals surface area contributed by atoms with Gasteiger partial charge >= 0.3 is 0 Å². The molecule has 0 saturated heterocycles. The van der Waals surface area contributed by atoms with Gasteiger partial charge in [0.15, 0.2) is 5.96 Å². The lowest BCUT2D eigenvalue weighted by Crippen LogP contribution is -2.36. The van der Waals surface area contributed by atoms with Gasteiger partial charge in [0, 0.05) is 42.3 Å². The Kier molecular flexibility index (Phi) is 8.43. The molecule has 0 aliphatic heterocycles. The van der Waals surface area contributed by atoms with Crippen LogP contribution in [0.2, 0.25) is 10.0 Å². The zero-order valence-electron chi connectivity index (χ0n) is 15.5. The van der Waals surface area contributed by atoms with Crippen LogP contribution in [-0.4, -0.2) is 25.5 Å². The van der Waals surface area contributed by atoms with E-state index in [0.717, 1.165) is 17.5 Å². The molecule has 0 saturated carbocycles. The average molecular weight is 407 g/mol. The molecule has 2 rings (SSSR count). The van der Waals surface area contributed by atoms with Crippen LogP contribution in [-0.2, 0) is 13.1 Å². The highest BCUT2D eigenvalue weighted by molar-refractivity contribution is 6.35. The molecule has 7 heteroatoms. The first-order valence-electron chi connectivity index (χ1n) is 8.79. The molecule has 5 nitrogen and oxygen atoms in total. The molecule has 0 spiro atoms. The van der Waals surface area contributed by atoms with Crippen molar-refractivity contribution in [1.29, 1.82) is 0 Å². The van der Waals surface area contributed by atoms with E-state index >= 15 is 0 Å². The van der Waals surface area contributed by atoms with Crippen molar-refractivity contribution in [1.82, 2.24) is 16.0 Å². The highest BCUT2D eigenvalue weighted by Gasteiger charge is 2.06. The van der Waals surface area contributed by atoms with Crippen LogP contribution in [0.3, 0.4) is 0 Å². The fourth-order valence-corrected chi connectivity index (χ4v) is 2.89. The molecule has 0 unspecified atom stereocenters. The number of amides is 1. The van der Waals surface area contributed by atoms with Gasteiger partial charge in [-0.25, -0.2) is 0 Å². The number of rotatable bonds is 7. The maximum atomic E-state index is 12.1. The fraction of sp³-hybridized carbons (Fsp3) is 0.300. The van der Waals surface area contributed by atoms with Crippen molar-refractivity contribution in [2.75, 3.05) is 13.6 Å². The Bertz CT molecular complexity index is 808. The quantitative estimate of drug-likeness (QED) is 0.480. The van der Waals surface area contributed by atoms with Crippen LogP contribution in [0.25, 0.3) is 0 Å². The Morgan fingerprint density at radius 3 is 2.52 bits per heavy atom. The highest BCUT2D eigenvalue weighted by Crippen LogP contribution is 2.20. The van der Waals surface area contributed by atoms with Gasteiger partial charge in [-0.05, 0) is 41.8 Å². The van der Waals surface area contributed by atoms with Gasteiger partial charge < -0.3 is 16.0 Å². The van der Waals surface area contributed by atoms with E-state index in [1.165, 1.54) is 0 Å². The number of carbonyl (C=O) groups excluding carboxylic acids is 1. The molecule has 2 aromatic rings. The molecule has 0 radical (unpaired) electrons. The summed E-state index contributed by atoms with van der Waals surface area (Å²) in [4.78, 5) is 16.3. The largest absolute Gasteiger partial charge is 0.352 e. The first kappa shape index (κ1) is 21.1. The minimum absolute atomic E-state index is 0.0569. The summed E-state index contributed by atoms with van der Waals surface area (Å²) in [7, 11) is 1.70. The van der Waals surface area contributed by atoms with Crippen molar-refractivity contribution in [3.8, 4) is 0 Å². The van der Waals surface area contributed by atoms with E-state index in [4.69, 9.17) is 23.2 Å². The maximum absolute atomic E-state index is 12.1. The monoisotopic (exact) mass is 406 g/mol. The number of carbonyl (C=O) groups is 1. The van der Waals surface area contributed by atoms with Gasteiger partial charge in [-0.2, -0.15) is 0 Å². The molecule has 3 N–H and O–H groups in total. The summed E-state index contributed by atoms with van der Waals surface area (Å²) in [6.07, 6.45) is 0.909. The topological polar surface area (TPSA) is 65.5 Å². The fourth-order valence-electron chi connectivity index (χ4n) is 2.41. The van der Waals surface area contributed by atoms with Crippen LogP contribution < -0.4 is 16.0 Å². The van der Waals surface area contributed by atoms with Crippen molar-refractivity contribution in [2.24, 2.45) is 4.99 Å². The molecule has 1 amide bonds. The van der Waals surface area contributed by atoms with Gasteiger partial charge in [0.1, 0.15) is 0 Å². The van der Waals surface area contributed by atoms with Gasteiger partial charge in [0.05, 0.1) is 0 Å². The van der Waals surface area contributed by atoms with Crippen LogP contribution in [0.15, 0.2) is 47.5 Å². The minimum Gasteiger partial charge on any atom is -0.352 e. The average Bonchev–Trinajstić information content (AvgIpc) is 2.67. The summed E-state index contributed by atoms with van der Waals surface area (Å²) in [5, 5.41) is 10.5. The van der Waals surface area contributed by atoms with E-state index in [9.17, 15) is 4.79 Å². The van der Waals surface area contributed by atoms with Crippen molar-refractivity contribution >= 4 is 35.1 Å². The summed E-state index contributed by atoms with van der Waals surface area (Å²) in [5.74, 6) is 0.584. The Labute approximate surface area is 170 Å². The number of hydrogen-bond donors (Lipinski definition) is 3. The lowest BCUT2D eigenvalue weighted by Gasteiger charge is -2.13. The Morgan fingerprint density at radius 1 is 1.04 bits per heavy atom. The number of nitrogens with zero attached hydrogens (tertiary/aromatic N) is 1. The van der Waals surface area contributed by atoms with Crippen LogP contribution in [0.1, 0.15) is 34.8 Å². The Morgan fingerprint density at radius 2 is 1.81 bits per heavy atom. The first-order valence-corrected chi connectivity index (χ1v) is 9.54. The molecule has 2 aromatic carbocycles. The zero-order valence-corrected chi connectivity index (χ0v) is 17.0. The summed E-state index contributed by atoms with van der Waals surface area (Å²) in [5.41, 5.74) is 2.57. The molecule has 0 aromatic heterocycles. The molecule has 0 aliphatic carbocycles. The number of aliphatic imine (C=N–C) groups is 1. The van der Waals surface area contributed by atoms with Crippen molar-refractivity contribution in [3.05, 3.63) is 69.2 Å². The highest BCUT2D eigenvalue weighted by atomic mass is 35.5. The number of guanidine groups is 1. The Hall–Kier alpha value is -2.24. The second kappa shape index (κ2) is 10.8. The van der Waals surface area contributed by atoms with E-state index in [0.29, 0.717) is 41.2 Å². The normalized spacial score (nSPS) is 11.2. The molecule has 0 bridgehead atoms. The molecule has 144 valence electrons. The van der Waals surface area contributed by atoms with E-state index in [-0.39, 0.29) is 5.91 Å². The van der Waals surface area contributed by atoms with Crippen LogP contribution in [0.4, 0.5) is 0 Å². The van der Waals surface area contributed by atoms with E-state index in [1.807, 2.05) is 37.3 Å². The second-order valence-corrected chi connectivity index (χ2v) is 6.81. The maximum Gasteiger partial charge on any atom is 0.251 e. The summed E-state index contributed by atoms with van der Waals surface area (Å²) in [6, 6.07) is 12.9. The van der Waals surface area contributed by atoms with Crippen molar-refractivity contribution in [3.63, 3.8) is 0 Å². The lowest BCUT2D eigenvalue weighted by atomic mass is 10.1. The SMILES string of the molecule is CCCNC(=O)c1cccc(CNC(=NC)NCc2ccc(Cl)cc2Cl)c1. The van der Waals surface area contributed by atoms with Crippen LogP contribution in [0.5, 0.6) is 0 Å². The third-order valence-corrected chi connectivity index (χ3v) is 4.46. The predicted octanol–water partition coefficient (Wildman–Crippen LogP) is 4.00. The molecule has 0 heterocycles. The van der Waals surface area contributed by atoms with Crippen molar-refractivity contribution in [2.45, 2.75) is 26.4 Å². The van der Waals surface area contributed by atoms with E-state index < -0.39 is 0 Å². The number of halogens is 2. The lowest BCUT2D eigenvalue weighted by molar-refractivity contribution is 0.0953.